The van der Waals surface area contributed by atoms with Crippen LogP contribution in [0.1, 0.15) is 61.3 Å². The molecular weight excluding hydrogens is 356 g/mol. The van der Waals surface area contributed by atoms with E-state index in [0.717, 1.165) is 30.8 Å². The zero-order chi connectivity index (χ0) is 20.9. The molecule has 0 bridgehead atoms. The molecule has 0 aliphatic rings. The number of aromatic nitrogens is 1. The lowest BCUT2D eigenvalue weighted by molar-refractivity contribution is 0.0739. The molecule has 0 aliphatic carbocycles. The van der Waals surface area contributed by atoms with Crippen molar-refractivity contribution in [3.63, 3.8) is 0 Å². The molecule has 0 N–H and O–H groups in total. The number of nitrogens with zero attached hydrogens (tertiary/aromatic N) is 2. The second-order valence-corrected chi connectivity index (χ2v) is 8.67. The Morgan fingerprint density at radius 1 is 0.931 bits per heavy atom. The predicted molar refractivity (Wildman–Crippen MR) is 120 cm³/mol. The highest BCUT2D eigenvalue weighted by Crippen LogP contribution is 2.23. The van der Waals surface area contributed by atoms with E-state index in [0.29, 0.717) is 6.54 Å². The van der Waals surface area contributed by atoms with Crippen LogP contribution in [0.5, 0.6) is 0 Å². The number of amides is 1. The Morgan fingerprint density at radius 2 is 1.62 bits per heavy atom. The summed E-state index contributed by atoms with van der Waals surface area (Å²) < 4.78 is 2.23. The van der Waals surface area contributed by atoms with Crippen LogP contribution in [0.2, 0.25) is 0 Å². The molecule has 3 rings (SSSR count). The third-order valence-electron chi connectivity index (χ3n) is 5.25. The van der Waals surface area contributed by atoms with Crippen molar-refractivity contribution < 1.29 is 4.79 Å². The van der Waals surface area contributed by atoms with Gasteiger partial charge >= 0.3 is 0 Å². The average Bonchev–Trinajstić information content (AvgIpc) is 3.14. The summed E-state index contributed by atoms with van der Waals surface area (Å²) in [4.78, 5) is 15.2. The molecule has 0 spiro atoms. The fraction of sp³-hybridized carbons (Fsp3) is 0.346. The zero-order valence-electron chi connectivity index (χ0n) is 18.1. The number of carbonyl (C=O) groups excluding carboxylic acids is 1. The van der Waals surface area contributed by atoms with E-state index in [9.17, 15) is 4.79 Å². The molecule has 0 atom stereocenters. The van der Waals surface area contributed by atoms with E-state index in [-0.39, 0.29) is 11.3 Å². The summed E-state index contributed by atoms with van der Waals surface area (Å²) in [5.74, 6) is 0.0970. The van der Waals surface area contributed by atoms with Crippen LogP contribution in [0.25, 0.3) is 0 Å². The van der Waals surface area contributed by atoms with Crippen LogP contribution < -0.4 is 0 Å². The Kier molecular flexibility index (Phi) is 6.58. The van der Waals surface area contributed by atoms with Gasteiger partial charge in [-0.2, -0.15) is 0 Å². The Bertz CT molecular complexity index is 917. The molecule has 0 fully saturated rings. The Labute approximate surface area is 175 Å². The quantitative estimate of drug-likeness (QED) is 0.496. The molecule has 1 aromatic heterocycles. The minimum atomic E-state index is 0.0863. The van der Waals surface area contributed by atoms with Crippen LogP contribution in [0.15, 0.2) is 72.9 Å². The molecule has 0 saturated carbocycles. The second kappa shape index (κ2) is 9.13. The standard InChI is InChI=1S/C26H32N2O/c1-5-17-28(25(29)22-13-15-23(16-14-22)26(2,3)4)20-24-12-9-18-27(24)19-21-10-7-6-8-11-21/h6-16,18H,5,17,19-20H2,1-4H3. The highest BCUT2D eigenvalue weighted by molar-refractivity contribution is 5.94. The van der Waals surface area contributed by atoms with E-state index in [1.807, 2.05) is 23.1 Å². The molecule has 1 heterocycles. The number of rotatable bonds is 7. The van der Waals surface area contributed by atoms with E-state index in [2.05, 4.69) is 87.0 Å². The van der Waals surface area contributed by atoms with Crippen molar-refractivity contribution in [3.8, 4) is 0 Å². The molecule has 2 aromatic carbocycles. The number of hydrogen-bond acceptors (Lipinski definition) is 1. The highest BCUT2D eigenvalue weighted by Gasteiger charge is 2.19. The van der Waals surface area contributed by atoms with Gasteiger partial charge in [0, 0.05) is 30.5 Å². The van der Waals surface area contributed by atoms with Gasteiger partial charge in [0.25, 0.3) is 5.91 Å². The van der Waals surface area contributed by atoms with Gasteiger partial charge in [-0.25, -0.2) is 0 Å². The van der Waals surface area contributed by atoms with Crippen molar-refractivity contribution in [2.75, 3.05) is 6.54 Å². The fourth-order valence-corrected chi connectivity index (χ4v) is 3.54. The fourth-order valence-electron chi connectivity index (χ4n) is 3.54. The van der Waals surface area contributed by atoms with Crippen molar-refractivity contribution >= 4 is 5.91 Å². The van der Waals surface area contributed by atoms with Gasteiger partial charge in [-0.15, -0.1) is 0 Å². The molecular formula is C26H32N2O. The van der Waals surface area contributed by atoms with Crippen molar-refractivity contribution in [1.82, 2.24) is 9.47 Å². The van der Waals surface area contributed by atoms with Crippen LogP contribution in [0.3, 0.4) is 0 Å². The molecule has 0 radical (unpaired) electrons. The van der Waals surface area contributed by atoms with Gasteiger partial charge in [0.15, 0.2) is 0 Å². The first-order valence-electron chi connectivity index (χ1n) is 10.5. The lowest BCUT2D eigenvalue weighted by atomic mass is 9.86. The first-order valence-corrected chi connectivity index (χ1v) is 10.5. The minimum absolute atomic E-state index is 0.0863. The largest absolute Gasteiger partial charge is 0.345 e. The summed E-state index contributed by atoms with van der Waals surface area (Å²) in [6.45, 7) is 10.9. The average molecular weight is 389 g/mol. The van der Waals surface area contributed by atoms with Crippen LogP contribution in [-0.2, 0) is 18.5 Å². The maximum atomic E-state index is 13.2. The van der Waals surface area contributed by atoms with Crippen molar-refractivity contribution in [1.29, 1.82) is 0 Å². The molecule has 0 aliphatic heterocycles. The van der Waals surface area contributed by atoms with Gasteiger partial charge in [-0.05, 0) is 47.2 Å². The van der Waals surface area contributed by atoms with E-state index in [1.54, 1.807) is 0 Å². The monoisotopic (exact) mass is 388 g/mol. The minimum Gasteiger partial charge on any atom is -0.345 e. The summed E-state index contributed by atoms with van der Waals surface area (Å²) in [5.41, 5.74) is 4.50. The lowest BCUT2D eigenvalue weighted by Gasteiger charge is -2.24. The Morgan fingerprint density at radius 3 is 2.24 bits per heavy atom. The molecule has 0 saturated heterocycles. The maximum absolute atomic E-state index is 13.2. The van der Waals surface area contributed by atoms with E-state index < -0.39 is 0 Å². The summed E-state index contributed by atoms with van der Waals surface area (Å²) in [6, 6.07) is 22.7. The third-order valence-corrected chi connectivity index (χ3v) is 5.25. The number of carbonyl (C=O) groups is 1. The van der Waals surface area contributed by atoms with Gasteiger partial charge in [0.05, 0.1) is 6.54 Å². The van der Waals surface area contributed by atoms with Gasteiger partial charge in [0.2, 0.25) is 0 Å². The highest BCUT2D eigenvalue weighted by atomic mass is 16.2. The van der Waals surface area contributed by atoms with Crippen LogP contribution in [0.4, 0.5) is 0 Å². The van der Waals surface area contributed by atoms with Crippen molar-refractivity contribution in [2.45, 2.75) is 52.6 Å². The van der Waals surface area contributed by atoms with Gasteiger partial charge < -0.3 is 9.47 Å². The number of hydrogen-bond donors (Lipinski definition) is 0. The first kappa shape index (κ1) is 20.9. The van der Waals surface area contributed by atoms with E-state index in [1.165, 1.54) is 11.1 Å². The summed E-state index contributed by atoms with van der Waals surface area (Å²) in [5, 5.41) is 0. The van der Waals surface area contributed by atoms with Crippen LogP contribution in [0, 0.1) is 0 Å². The van der Waals surface area contributed by atoms with Gasteiger partial charge in [-0.3, -0.25) is 4.79 Å². The molecule has 3 nitrogen and oxygen atoms in total. The Hall–Kier alpha value is -2.81. The molecule has 152 valence electrons. The first-order chi connectivity index (χ1) is 13.9. The van der Waals surface area contributed by atoms with E-state index >= 15 is 0 Å². The SMILES string of the molecule is CCCN(Cc1cccn1Cc1ccccc1)C(=O)c1ccc(C(C)(C)C)cc1. The summed E-state index contributed by atoms with van der Waals surface area (Å²) in [7, 11) is 0. The normalized spacial score (nSPS) is 11.4. The molecule has 29 heavy (non-hydrogen) atoms. The molecule has 3 aromatic rings. The third kappa shape index (κ3) is 5.38. The van der Waals surface area contributed by atoms with Crippen LogP contribution >= 0.6 is 0 Å². The second-order valence-electron chi connectivity index (χ2n) is 8.67. The number of benzene rings is 2. The zero-order valence-corrected chi connectivity index (χ0v) is 18.1. The summed E-state index contributed by atoms with van der Waals surface area (Å²) in [6.07, 6.45) is 3.03. The predicted octanol–water partition coefficient (Wildman–Crippen LogP) is 5.89. The summed E-state index contributed by atoms with van der Waals surface area (Å²) >= 11 is 0. The van der Waals surface area contributed by atoms with Crippen molar-refractivity contribution in [2.24, 2.45) is 0 Å². The van der Waals surface area contributed by atoms with Crippen LogP contribution in [-0.4, -0.2) is 21.9 Å². The lowest BCUT2D eigenvalue weighted by Crippen LogP contribution is -2.32. The Balaban J connectivity index is 1.77. The van der Waals surface area contributed by atoms with E-state index in [4.69, 9.17) is 0 Å². The van der Waals surface area contributed by atoms with Gasteiger partial charge in [-0.1, -0.05) is 70.2 Å². The smallest absolute Gasteiger partial charge is 0.254 e. The molecule has 1 amide bonds. The maximum Gasteiger partial charge on any atom is 0.254 e. The van der Waals surface area contributed by atoms with Crippen molar-refractivity contribution in [3.05, 3.63) is 95.3 Å². The van der Waals surface area contributed by atoms with Gasteiger partial charge in [0.1, 0.15) is 0 Å². The molecule has 0 unspecified atom stereocenters. The molecule has 3 heteroatoms. The topological polar surface area (TPSA) is 25.2 Å².